The van der Waals surface area contributed by atoms with Crippen molar-refractivity contribution in [2.75, 3.05) is 0 Å². The number of para-hydroxylation sites is 1. The monoisotopic (exact) mass is 254 g/mol. The lowest BCUT2D eigenvalue weighted by Crippen LogP contribution is -2.01. The van der Waals surface area contributed by atoms with Gasteiger partial charge in [0.2, 0.25) is 0 Å². The molecule has 1 aromatic carbocycles. The second-order valence-electron chi connectivity index (χ2n) is 4.29. The zero-order valence-corrected chi connectivity index (χ0v) is 10.6. The Bertz CT molecular complexity index is 720. The predicted molar refractivity (Wildman–Crippen MR) is 72.9 cm³/mol. The standard InChI is InChI=1S/C14H14N4O/c1-18-9-11(8-17-18)19-14-10(6-15)7-16-13-5-3-2-4-12(13)14/h2-5,7-9H,6,15H2,1H3. The van der Waals surface area contributed by atoms with E-state index < -0.39 is 0 Å². The third kappa shape index (κ3) is 2.15. The summed E-state index contributed by atoms with van der Waals surface area (Å²) in [5.74, 6) is 1.44. The molecule has 19 heavy (non-hydrogen) atoms. The van der Waals surface area contributed by atoms with Gasteiger partial charge in [-0.3, -0.25) is 9.67 Å². The van der Waals surface area contributed by atoms with Crippen molar-refractivity contribution in [1.82, 2.24) is 14.8 Å². The zero-order valence-electron chi connectivity index (χ0n) is 10.6. The molecule has 0 amide bonds. The fourth-order valence-corrected chi connectivity index (χ4v) is 1.99. The quantitative estimate of drug-likeness (QED) is 0.778. The van der Waals surface area contributed by atoms with Crippen LogP contribution in [0.15, 0.2) is 42.9 Å². The fraction of sp³-hybridized carbons (Fsp3) is 0.143. The first-order chi connectivity index (χ1) is 9.28. The van der Waals surface area contributed by atoms with Crippen LogP contribution >= 0.6 is 0 Å². The van der Waals surface area contributed by atoms with Crippen LogP contribution in [0.25, 0.3) is 10.9 Å². The van der Waals surface area contributed by atoms with E-state index in [0.29, 0.717) is 12.3 Å². The van der Waals surface area contributed by atoms with Crippen LogP contribution < -0.4 is 10.5 Å². The number of nitrogens with two attached hydrogens (primary N) is 1. The van der Waals surface area contributed by atoms with Gasteiger partial charge < -0.3 is 10.5 Å². The molecule has 5 heteroatoms. The second-order valence-corrected chi connectivity index (χ2v) is 4.29. The van der Waals surface area contributed by atoms with Crippen LogP contribution in [0.4, 0.5) is 0 Å². The van der Waals surface area contributed by atoms with E-state index in [0.717, 1.165) is 22.2 Å². The number of ether oxygens (including phenoxy) is 1. The van der Waals surface area contributed by atoms with Crippen molar-refractivity contribution in [3.8, 4) is 11.5 Å². The van der Waals surface area contributed by atoms with E-state index in [1.54, 1.807) is 17.1 Å². The van der Waals surface area contributed by atoms with E-state index in [4.69, 9.17) is 10.5 Å². The van der Waals surface area contributed by atoms with Gasteiger partial charge in [0, 0.05) is 30.7 Å². The molecule has 0 radical (unpaired) electrons. The Morgan fingerprint density at radius 2 is 2.11 bits per heavy atom. The molecule has 3 aromatic rings. The molecule has 0 aliphatic carbocycles. The summed E-state index contributed by atoms with van der Waals surface area (Å²) in [7, 11) is 1.85. The van der Waals surface area contributed by atoms with Gasteiger partial charge in [-0.2, -0.15) is 5.10 Å². The van der Waals surface area contributed by atoms with Gasteiger partial charge in [0.15, 0.2) is 5.75 Å². The van der Waals surface area contributed by atoms with Crippen molar-refractivity contribution in [3.63, 3.8) is 0 Å². The Labute approximate surface area is 110 Å². The van der Waals surface area contributed by atoms with Gasteiger partial charge in [0.25, 0.3) is 0 Å². The minimum absolute atomic E-state index is 0.382. The van der Waals surface area contributed by atoms with Crippen LogP contribution in [0.1, 0.15) is 5.56 Å². The fourth-order valence-electron chi connectivity index (χ4n) is 1.99. The highest BCUT2D eigenvalue weighted by Gasteiger charge is 2.10. The van der Waals surface area contributed by atoms with E-state index in [1.165, 1.54) is 0 Å². The largest absolute Gasteiger partial charge is 0.453 e. The summed E-state index contributed by atoms with van der Waals surface area (Å²) in [5, 5.41) is 5.05. The summed E-state index contributed by atoms with van der Waals surface area (Å²) >= 11 is 0. The number of pyridine rings is 1. The van der Waals surface area contributed by atoms with Gasteiger partial charge in [-0.05, 0) is 12.1 Å². The van der Waals surface area contributed by atoms with E-state index >= 15 is 0 Å². The highest BCUT2D eigenvalue weighted by molar-refractivity contribution is 5.86. The molecule has 2 heterocycles. The normalized spacial score (nSPS) is 10.8. The van der Waals surface area contributed by atoms with Crippen molar-refractivity contribution in [2.45, 2.75) is 6.54 Å². The first kappa shape index (κ1) is 11.7. The van der Waals surface area contributed by atoms with E-state index in [9.17, 15) is 0 Å². The topological polar surface area (TPSA) is 66.0 Å². The average molecular weight is 254 g/mol. The highest BCUT2D eigenvalue weighted by atomic mass is 16.5. The molecule has 96 valence electrons. The molecule has 0 saturated heterocycles. The molecule has 5 nitrogen and oxygen atoms in total. The Morgan fingerprint density at radius 3 is 2.84 bits per heavy atom. The molecule has 0 aliphatic heterocycles. The molecule has 2 aromatic heterocycles. The summed E-state index contributed by atoms with van der Waals surface area (Å²) in [6, 6.07) is 7.84. The first-order valence-electron chi connectivity index (χ1n) is 6.01. The smallest absolute Gasteiger partial charge is 0.165 e. The number of rotatable bonds is 3. The van der Waals surface area contributed by atoms with Gasteiger partial charge in [-0.25, -0.2) is 0 Å². The molecule has 0 unspecified atom stereocenters. The Kier molecular flexibility index (Phi) is 2.89. The zero-order chi connectivity index (χ0) is 13.2. The Morgan fingerprint density at radius 1 is 1.26 bits per heavy atom. The minimum atomic E-state index is 0.382. The predicted octanol–water partition coefficient (Wildman–Crippen LogP) is 2.22. The van der Waals surface area contributed by atoms with E-state index in [-0.39, 0.29) is 0 Å². The summed E-state index contributed by atoms with van der Waals surface area (Å²) in [6.45, 7) is 0.382. The lowest BCUT2D eigenvalue weighted by atomic mass is 10.1. The molecule has 0 atom stereocenters. The van der Waals surface area contributed by atoms with Crippen molar-refractivity contribution in [3.05, 3.63) is 48.4 Å². The number of nitrogens with zero attached hydrogens (tertiary/aromatic N) is 3. The van der Waals surface area contributed by atoms with Crippen LogP contribution in [-0.4, -0.2) is 14.8 Å². The SMILES string of the molecule is Cn1cc(Oc2c(CN)cnc3ccccc23)cn1. The molecule has 2 N–H and O–H groups in total. The summed E-state index contributed by atoms with van der Waals surface area (Å²) in [4.78, 5) is 4.38. The van der Waals surface area contributed by atoms with Crippen LogP contribution in [0, 0.1) is 0 Å². The molecule has 3 rings (SSSR count). The Hall–Kier alpha value is -2.40. The molecular weight excluding hydrogens is 240 g/mol. The molecule has 0 saturated carbocycles. The van der Waals surface area contributed by atoms with Crippen LogP contribution in [0.3, 0.4) is 0 Å². The second kappa shape index (κ2) is 4.70. The lowest BCUT2D eigenvalue weighted by Gasteiger charge is -2.11. The maximum atomic E-state index is 5.93. The highest BCUT2D eigenvalue weighted by Crippen LogP contribution is 2.31. The van der Waals surface area contributed by atoms with Crippen molar-refractivity contribution < 1.29 is 4.74 Å². The number of hydrogen-bond acceptors (Lipinski definition) is 4. The van der Waals surface area contributed by atoms with Gasteiger partial charge in [0.1, 0.15) is 5.75 Å². The minimum Gasteiger partial charge on any atom is -0.453 e. The van der Waals surface area contributed by atoms with Crippen molar-refractivity contribution >= 4 is 10.9 Å². The summed E-state index contributed by atoms with van der Waals surface area (Å²) in [5.41, 5.74) is 7.52. The van der Waals surface area contributed by atoms with Gasteiger partial charge in [-0.15, -0.1) is 0 Å². The molecule has 0 fully saturated rings. The number of hydrogen-bond donors (Lipinski definition) is 1. The lowest BCUT2D eigenvalue weighted by molar-refractivity contribution is 0.481. The molecule has 0 aliphatic rings. The molecular formula is C14H14N4O. The van der Waals surface area contributed by atoms with Crippen molar-refractivity contribution in [1.29, 1.82) is 0 Å². The van der Waals surface area contributed by atoms with Crippen molar-refractivity contribution in [2.24, 2.45) is 12.8 Å². The van der Waals surface area contributed by atoms with Gasteiger partial charge in [0.05, 0.1) is 17.9 Å². The average Bonchev–Trinajstić information content (AvgIpc) is 2.85. The molecule has 0 bridgehead atoms. The van der Waals surface area contributed by atoms with E-state index in [2.05, 4.69) is 10.1 Å². The summed E-state index contributed by atoms with van der Waals surface area (Å²) in [6.07, 6.45) is 5.25. The van der Waals surface area contributed by atoms with E-state index in [1.807, 2.05) is 37.5 Å². The maximum Gasteiger partial charge on any atom is 0.165 e. The third-order valence-electron chi connectivity index (χ3n) is 2.92. The number of fused-ring (bicyclic) bond motifs is 1. The number of benzene rings is 1. The number of aryl methyl sites for hydroxylation is 1. The van der Waals surface area contributed by atoms with Crippen LogP contribution in [-0.2, 0) is 13.6 Å². The number of aromatic nitrogens is 3. The summed E-state index contributed by atoms with van der Waals surface area (Å²) < 4.78 is 7.63. The maximum absolute atomic E-state index is 5.93. The third-order valence-corrected chi connectivity index (χ3v) is 2.92. The molecule has 0 spiro atoms. The first-order valence-corrected chi connectivity index (χ1v) is 6.01. The van der Waals surface area contributed by atoms with Crippen LogP contribution in [0.2, 0.25) is 0 Å². The Balaban J connectivity index is 2.14. The van der Waals surface area contributed by atoms with Crippen LogP contribution in [0.5, 0.6) is 11.5 Å². The van der Waals surface area contributed by atoms with Gasteiger partial charge in [-0.1, -0.05) is 12.1 Å². The van der Waals surface area contributed by atoms with Gasteiger partial charge >= 0.3 is 0 Å².